The van der Waals surface area contributed by atoms with Gasteiger partial charge in [0.2, 0.25) is 0 Å². The molecule has 1 saturated heterocycles. The van der Waals surface area contributed by atoms with Gasteiger partial charge in [-0.1, -0.05) is 6.92 Å². The Kier molecular flexibility index (Phi) is 1.48. The van der Waals surface area contributed by atoms with E-state index >= 15 is 0 Å². The first-order valence-corrected chi connectivity index (χ1v) is 4.53. The summed E-state index contributed by atoms with van der Waals surface area (Å²) in [5.41, 5.74) is 0. The number of hydrogen-bond donors (Lipinski definition) is 1. The number of rotatable bonds is 0. The lowest BCUT2D eigenvalue weighted by molar-refractivity contribution is 0.237. The molecule has 1 heteroatoms. The van der Waals surface area contributed by atoms with Crippen LogP contribution in [0.4, 0.5) is 0 Å². The van der Waals surface area contributed by atoms with Crippen molar-refractivity contribution in [1.82, 2.24) is 5.32 Å². The van der Waals surface area contributed by atoms with Crippen molar-refractivity contribution in [2.24, 2.45) is 11.8 Å². The number of piperidine rings is 1. The fourth-order valence-corrected chi connectivity index (χ4v) is 2.70. The first kappa shape index (κ1) is 6.66. The van der Waals surface area contributed by atoms with Gasteiger partial charge in [-0.3, -0.25) is 0 Å². The summed E-state index contributed by atoms with van der Waals surface area (Å²) in [6.45, 7) is 4.72. The lowest BCUT2D eigenvalue weighted by Crippen LogP contribution is -2.44. The molecule has 4 unspecified atom stereocenters. The average molecular weight is 139 g/mol. The lowest BCUT2D eigenvalue weighted by atomic mass is 9.86. The van der Waals surface area contributed by atoms with E-state index in [1.54, 1.807) is 0 Å². The number of hydrogen-bond acceptors (Lipinski definition) is 1. The van der Waals surface area contributed by atoms with E-state index in [0.717, 1.165) is 23.9 Å². The van der Waals surface area contributed by atoms with E-state index in [1.807, 2.05) is 0 Å². The van der Waals surface area contributed by atoms with Gasteiger partial charge in [-0.15, -0.1) is 0 Å². The van der Waals surface area contributed by atoms with Crippen molar-refractivity contribution in [3.8, 4) is 0 Å². The molecule has 1 aliphatic heterocycles. The van der Waals surface area contributed by atoms with E-state index in [2.05, 4.69) is 19.2 Å². The minimum Gasteiger partial charge on any atom is -0.311 e. The molecular weight excluding hydrogens is 122 g/mol. The van der Waals surface area contributed by atoms with Crippen molar-refractivity contribution in [1.29, 1.82) is 0 Å². The van der Waals surface area contributed by atoms with Gasteiger partial charge in [0.25, 0.3) is 0 Å². The van der Waals surface area contributed by atoms with Crippen molar-refractivity contribution >= 4 is 0 Å². The normalized spacial score (nSPS) is 53.4. The summed E-state index contributed by atoms with van der Waals surface area (Å²) in [7, 11) is 0. The maximum Gasteiger partial charge on any atom is 0.00979 e. The topological polar surface area (TPSA) is 12.0 Å². The molecule has 2 fully saturated rings. The zero-order valence-electron chi connectivity index (χ0n) is 6.93. The molecule has 2 aliphatic rings. The van der Waals surface area contributed by atoms with Crippen LogP contribution in [0, 0.1) is 11.8 Å². The van der Waals surface area contributed by atoms with Crippen LogP contribution in [-0.4, -0.2) is 12.1 Å². The molecule has 0 aromatic rings. The quantitative estimate of drug-likeness (QED) is 0.539. The molecule has 58 valence electrons. The molecule has 1 saturated carbocycles. The molecule has 4 atom stereocenters. The Morgan fingerprint density at radius 2 is 2.00 bits per heavy atom. The Balaban J connectivity index is 2.09. The highest BCUT2D eigenvalue weighted by molar-refractivity contribution is 4.94. The third-order valence-electron chi connectivity index (χ3n) is 3.38. The van der Waals surface area contributed by atoms with Gasteiger partial charge in [0.15, 0.2) is 0 Å². The molecule has 0 spiro atoms. The van der Waals surface area contributed by atoms with E-state index in [4.69, 9.17) is 0 Å². The Morgan fingerprint density at radius 1 is 1.20 bits per heavy atom. The fourth-order valence-electron chi connectivity index (χ4n) is 2.70. The van der Waals surface area contributed by atoms with Crippen molar-refractivity contribution in [2.75, 3.05) is 0 Å². The molecular formula is C9H17N. The van der Waals surface area contributed by atoms with Crippen LogP contribution in [0.5, 0.6) is 0 Å². The lowest BCUT2D eigenvalue weighted by Gasteiger charge is -2.32. The van der Waals surface area contributed by atoms with E-state index in [1.165, 1.54) is 19.3 Å². The standard InChI is InChI=1S/C9H17N/c1-6-5-8-3-4-9(10-6)7(8)2/h6-10H,3-5H2,1-2H3. The van der Waals surface area contributed by atoms with Gasteiger partial charge < -0.3 is 5.32 Å². The summed E-state index contributed by atoms with van der Waals surface area (Å²) in [5.74, 6) is 2.00. The summed E-state index contributed by atoms with van der Waals surface area (Å²) in [6, 6.07) is 1.64. The first-order valence-electron chi connectivity index (χ1n) is 4.53. The SMILES string of the molecule is CC1CC2CCC(N1)C2C. The van der Waals surface area contributed by atoms with E-state index in [0.29, 0.717) is 0 Å². The van der Waals surface area contributed by atoms with Crippen LogP contribution >= 0.6 is 0 Å². The van der Waals surface area contributed by atoms with Crippen molar-refractivity contribution in [3.05, 3.63) is 0 Å². The molecule has 0 amide bonds. The van der Waals surface area contributed by atoms with Gasteiger partial charge in [-0.2, -0.15) is 0 Å². The van der Waals surface area contributed by atoms with Crippen LogP contribution in [0.25, 0.3) is 0 Å². The Hall–Kier alpha value is -0.0400. The highest BCUT2D eigenvalue weighted by Gasteiger charge is 2.37. The smallest absolute Gasteiger partial charge is 0.00979 e. The van der Waals surface area contributed by atoms with Gasteiger partial charge in [-0.25, -0.2) is 0 Å². The maximum absolute atomic E-state index is 3.66. The van der Waals surface area contributed by atoms with Crippen molar-refractivity contribution < 1.29 is 0 Å². The summed E-state index contributed by atoms with van der Waals surface area (Å²) < 4.78 is 0. The molecule has 2 rings (SSSR count). The van der Waals surface area contributed by atoms with Gasteiger partial charge in [0.1, 0.15) is 0 Å². The van der Waals surface area contributed by atoms with Gasteiger partial charge in [0.05, 0.1) is 0 Å². The maximum atomic E-state index is 3.66. The second-order valence-electron chi connectivity index (χ2n) is 4.11. The predicted octanol–water partition coefficient (Wildman–Crippen LogP) is 1.78. The summed E-state index contributed by atoms with van der Waals surface area (Å²) in [6.07, 6.45) is 4.32. The van der Waals surface area contributed by atoms with Gasteiger partial charge in [0, 0.05) is 12.1 Å². The molecule has 1 heterocycles. The van der Waals surface area contributed by atoms with Crippen LogP contribution < -0.4 is 5.32 Å². The number of fused-ring (bicyclic) bond motifs is 2. The first-order chi connectivity index (χ1) is 4.77. The van der Waals surface area contributed by atoms with Crippen LogP contribution in [-0.2, 0) is 0 Å². The molecule has 2 bridgehead atoms. The van der Waals surface area contributed by atoms with E-state index < -0.39 is 0 Å². The van der Waals surface area contributed by atoms with Crippen LogP contribution in [0.15, 0.2) is 0 Å². The van der Waals surface area contributed by atoms with Crippen LogP contribution in [0.1, 0.15) is 33.1 Å². The second kappa shape index (κ2) is 2.23. The van der Waals surface area contributed by atoms with Crippen LogP contribution in [0.3, 0.4) is 0 Å². The van der Waals surface area contributed by atoms with Crippen LogP contribution in [0.2, 0.25) is 0 Å². The van der Waals surface area contributed by atoms with E-state index in [9.17, 15) is 0 Å². The minimum atomic E-state index is 0.786. The molecule has 0 radical (unpaired) electrons. The number of nitrogens with one attached hydrogen (secondary N) is 1. The third kappa shape index (κ3) is 0.878. The second-order valence-corrected chi connectivity index (χ2v) is 4.11. The fraction of sp³-hybridized carbons (Fsp3) is 1.00. The average Bonchev–Trinajstić information content (AvgIpc) is 2.20. The molecule has 10 heavy (non-hydrogen) atoms. The zero-order chi connectivity index (χ0) is 7.14. The third-order valence-corrected chi connectivity index (χ3v) is 3.38. The Morgan fingerprint density at radius 3 is 2.70 bits per heavy atom. The molecule has 1 aliphatic carbocycles. The summed E-state index contributed by atoms with van der Waals surface area (Å²) >= 11 is 0. The highest BCUT2D eigenvalue weighted by atomic mass is 15.0. The monoisotopic (exact) mass is 139 g/mol. The molecule has 1 nitrogen and oxygen atoms in total. The largest absolute Gasteiger partial charge is 0.311 e. The van der Waals surface area contributed by atoms with Gasteiger partial charge >= 0.3 is 0 Å². The Labute approximate surface area is 63.2 Å². The molecule has 0 aromatic carbocycles. The summed E-state index contributed by atoms with van der Waals surface area (Å²) in [5, 5.41) is 3.66. The highest BCUT2D eigenvalue weighted by Crippen LogP contribution is 2.38. The minimum absolute atomic E-state index is 0.786. The van der Waals surface area contributed by atoms with Crippen molar-refractivity contribution in [3.63, 3.8) is 0 Å². The predicted molar refractivity (Wildman–Crippen MR) is 42.9 cm³/mol. The molecule has 1 N–H and O–H groups in total. The summed E-state index contributed by atoms with van der Waals surface area (Å²) in [4.78, 5) is 0. The Bertz CT molecular complexity index is 119. The molecule has 0 aromatic heterocycles. The van der Waals surface area contributed by atoms with Crippen molar-refractivity contribution in [2.45, 2.75) is 45.2 Å². The van der Waals surface area contributed by atoms with Gasteiger partial charge in [-0.05, 0) is 38.0 Å². The van der Waals surface area contributed by atoms with E-state index in [-0.39, 0.29) is 0 Å². The zero-order valence-corrected chi connectivity index (χ0v) is 6.93.